The fraction of sp³-hybridized carbons (Fsp3) is 0.591. The molecule has 1 aromatic rings. The zero-order valence-electron chi connectivity index (χ0n) is 17.1. The minimum absolute atomic E-state index is 0.0129. The minimum atomic E-state index is -0.0129. The summed E-state index contributed by atoms with van der Waals surface area (Å²) in [5.74, 6) is 0. The van der Waals surface area contributed by atoms with Crippen LogP contribution in [0.4, 0.5) is 0 Å². The molecule has 2 aliphatic carbocycles. The van der Waals surface area contributed by atoms with Crippen LogP contribution in [-0.4, -0.2) is 20.6 Å². The van der Waals surface area contributed by atoms with E-state index in [1.807, 2.05) is 6.92 Å². The SMILES string of the molecule is C/C(NC1CCCCC1)=C(\C(N)=S)c1cc(=O)n(C2CCCCC2)cn1.C=C. The van der Waals surface area contributed by atoms with Crippen LogP contribution in [0.3, 0.4) is 0 Å². The Morgan fingerprint density at radius 2 is 1.71 bits per heavy atom. The molecule has 0 aromatic carbocycles. The van der Waals surface area contributed by atoms with Gasteiger partial charge in [0.25, 0.3) is 5.56 Å². The van der Waals surface area contributed by atoms with E-state index in [-0.39, 0.29) is 16.6 Å². The number of nitrogens with one attached hydrogen (secondary N) is 1. The van der Waals surface area contributed by atoms with Gasteiger partial charge in [0, 0.05) is 23.8 Å². The van der Waals surface area contributed by atoms with E-state index in [0.717, 1.165) is 18.5 Å². The van der Waals surface area contributed by atoms with E-state index < -0.39 is 0 Å². The Kier molecular flexibility index (Phi) is 8.90. The third-order valence-corrected chi connectivity index (χ3v) is 5.91. The van der Waals surface area contributed by atoms with Crippen molar-refractivity contribution in [1.82, 2.24) is 14.9 Å². The van der Waals surface area contributed by atoms with Crippen molar-refractivity contribution in [3.8, 4) is 0 Å². The first-order valence-corrected chi connectivity index (χ1v) is 10.8. The Morgan fingerprint density at radius 1 is 1.14 bits per heavy atom. The number of allylic oxidation sites excluding steroid dienone is 1. The van der Waals surface area contributed by atoms with Gasteiger partial charge in [-0.3, -0.25) is 9.36 Å². The summed E-state index contributed by atoms with van der Waals surface area (Å²) in [5, 5.41) is 3.56. The molecule has 6 heteroatoms. The molecule has 2 saturated carbocycles. The van der Waals surface area contributed by atoms with Crippen molar-refractivity contribution in [1.29, 1.82) is 0 Å². The second-order valence-electron chi connectivity index (χ2n) is 7.66. The number of hydrogen-bond donors (Lipinski definition) is 2. The molecule has 1 heterocycles. The van der Waals surface area contributed by atoms with Crippen LogP contribution >= 0.6 is 12.2 Å². The molecule has 0 radical (unpaired) electrons. The molecule has 2 aliphatic rings. The molecule has 0 spiro atoms. The Balaban J connectivity index is 0.00000136. The summed E-state index contributed by atoms with van der Waals surface area (Å²) in [6, 6.07) is 2.32. The van der Waals surface area contributed by atoms with Crippen molar-refractivity contribution in [3.05, 3.63) is 47.3 Å². The smallest absolute Gasteiger partial charge is 0.254 e. The van der Waals surface area contributed by atoms with Gasteiger partial charge in [-0.05, 0) is 32.6 Å². The fourth-order valence-electron chi connectivity index (χ4n) is 4.31. The molecule has 0 atom stereocenters. The number of nitrogens with two attached hydrogens (primary N) is 1. The van der Waals surface area contributed by atoms with Crippen LogP contribution in [0.5, 0.6) is 0 Å². The highest BCUT2D eigenvalue weighted by Crippen LogP contribution is 2.27. The van der Waals surface area contributed by atoms with E-state index in [9.17, 15) is 4.79 Å². The monoisotopic (exact) mass is 402 g/mol. The lowest BCUT2D eigenvalue weighted by molar-refractivity contribution is 0.343. The molecule has 0 amide bonds. The maximum absolute atomic E-state index is 12.7. The summed E-state index contributed by atoms with van der Waals surface area (Å²) in [6.07, 6.45) is 13.6. The van der Waals surface area contributed by atoms with Crippen LogP contribution in [-0.2, 0) is 0 Å². The van der Waals surface area contributed by atoms with Gasteiger partial charge in [-0.15, -0.1) is 13.2 Å². The highest BCUT2D eigenvalue weighted by molar-refractivity contribution is 7.81. The van der Waals surface area contributed by atoms with Crippen molar-refractivity contribution >= 4 is 22.8 Å². The number of nitrogens with zero attached hydrogens (tertiary/aromatic N) is 2. The molecular weight excluding hydrogens is 368 g/mol. The van der Waals surface area contributed by atoms with Gasteiger partial charge in [-0.25, -0.2) is 4.98 Å². The topological polar surface area (TPSA) is 72.9 Å². The molecule has 0 saturated heterocycles. The predicted octanol–water partition coefficient (Wildman–Crippen LogP) is 4.49. The number of rotatable bonds is 5. The zero-order chi connectivity index (χ0) is 20.5. The maximum atomic E-state index is 12.7. The van der Waals surface area contributed by atoms with Gasteiger partial charge in [0.2, 0.25) is 0 Å². The average Bonchev–Trinajstić information content (AvgIpc) is 2.71. The molecule has 154 valence electrons. The van der Waals surface area contributed by atoms with E-state index in [2.05, 4.69) is 23.5 Å². The Labute approximate surface area is 174 Å². The van der Waals surface area contributed by atoms with E-state index in [0.29, 0.717) is 17.3 Å². The van der Waals surface area contributed by atoms with Gasteiger partial charge in [0.1, 0.15) is 4.99 Å². The van der Waals surface area contributed by atoms with Crippen molar-refractivity contribution < 1.29 is 0 Å². The summed E-state index contributed by atoms with van der Waals surface area (Å²) in [5.41, 5.74) is 8.17. The van der Waals surface area contributed by atoms with Crippen LogP contribution in [0.1, 0.15) is 82.9 Å². The molecule has 28 heavy (non-hydrogen) atoms. The lowest BCUT2D eigenvalue weighted by Gasteiger charge is -2.26. The second kappa shape index (κ2) is 11.1. The second-order valence-corrected chi connectivity index (χ2v) is 8.09. The van der Waals surface area contributed by atoms with Gasteiger partial charge in [0.15, 0.2) is 0 Å². The number of thiocarbonyl (C=S) groups is 1. The van der Waals surface area contributed by atoms with Crippen molar-refractivity contribution in [2.45, 2.75) is 83.2 Å². The summed E-state index contributed by atoms with van der Waals surface area (Å²) < 4.78 is 1.78. The third kappa shape index (κ3) is 5.77. The zero-order valence-corrected chi connectivity index (χ0v) is 17.9. The van der Waals surface area contributed by atoms with Gasteiger partial charge in [0.05, 0.1) is 17.6 Å². The first kappa shape index (κ1) is 22.3. The first-order valence-electron chi connectivity index (χ1n) is 10.4. The summed E-state index contributed by atoms with van der Waals surface area (Å²) in [4.78, 5) is 17.5. The quantitative estimate of drug-likeness (QED) is 0.431. The standard InChI is InChI=1S/C20H30N4OS.C2H4/c1-14(23-15-8-4-2-5-9-15)19(20(21)26)17-12-18(25)24(13-22-17)16-10-6-3-7-11-16;1-2/h12-13,15-16,23H,2-11H2,1H3,(H2,21,26);1-2H2/b19-14+;. The van der Waals surface area contributed by atoms with Gasteiger partial charge in [-0.1, -0.05) is 50.7 Å². The summed E-state index contributed by atoms with van der Waals surface area (Å²) >= 11 is 5.28. The predicted molar refractivity (Wildman–Crippen MR) is 121 cm³/mol. The van der Waals surface area contributed by atoms with Gasteiger partial charge >= 0.3 is 0 Å². The van der Waals surface area contributed by atoms with E-state index in [1.165, 1.54) is 51.4 Å². The molecule has 2 fully saturated rings. The van der Waals surface area contributed by atoms with Gasteiger partial charge < -0.3 is 11.1 Å². The van der Waals surface area contributed by atoms with Crippen LogP contribution in [0, 0.1) is 0 Å². The summed E-state index contributed by atoms with van der Waals surface area (Å²) in [7, 11) is 0. The van der Waals surface area contributed by atoms with E-state index in [1.54, 1.807) is 17.0 Å². The normalized spacial score (nSPS) is 19.2. The van der Waals surface area contributed by atoms with Gasteiger partial charge in [-0.2, -0.15) is 0 Å². The third-order valence-electron chi connectivity index (χ3n) is 5.71. The molecular formula is C22H34N4OS. The molecule has 3 rings (SSSR count). The molecule has 0 aliphatic heterocycles. The Bertz CT molecular complexity index is 743. The highest BCUT2D eigenvalue weighted by atomic mass is 32.1. The maximum Gasteiger partial charge on any atom is 0.254 e. The number of aromatic nitrogens is 2. The molecule has 0 bridgehead atoms. The van der Waals surface area contributed by atoms with Crippen LogP contribution in [0.15, 0.2) is 36.0 Å². The Morgan fingerprint density at radius 3 is 2.25 bits per heavy atom. The highest BCUT2D eigenvalue weighted by Gasteiger charge is 2.20. The van der Waals surface area contributed by atoms with Crippen molar-refractivity contribution in [3.63, 3.8) is 0 Å². The largest absolute Gasteiger partial charge is 0.389 e. The lowest BCUT2D eigenvalue weighted by atomic mass is 9.95. The fourth-order valence-corrected chi connectivity index (χ4v) is 4.57. The van der Waals surface area contributed by atoms with Crippen LogP contribution in [0.2, 0.25) is 0 Å². The number of hydrogen-bond acceptors (Lipinski definition) is 4. The van der Waals surface area contributed by atoms with Crippen LogP contribution in [0.25, 0.3) is 5.57 Å². The minimum Gasteiger partial charge on any atom is -0.389 e. The lowest BCUT2D eigenvalue weighted by Crippen LogP contribution is -2.32. The Hall–Kier alpha value is -1.95. The molecule has 0 unspecified atom stereocenters. The first-order chi connectivity index (χ1) is 13.6. The molecule has 1 aromatic heterocycles. The molecule has 5 nitrogen and oxygen atoms in total. The average molecular weight is 403 g/mol. The van der Waals surface area contributed by atoms with E-state index in [4.69, 9.17) is 18.0 Å². The summed E-state index contributed by atoms with van der Waals surface area (Å²) in [6.45, 7) is 7.98. The van der Waals surface area contributed by atoms with Crippen LogP contribution < -0.4 is 16.6 Å². The van der Waals surface area contributed by atoms with Crippen molar-refractivity contribution in [2.75, 3.05) is 0 Å². The van der Waals surface area contributed by atoms with Crippen molar-refractivity contribution in [2.24, 2.45) is 5.73 Å². The molecule has 3 N–H and O–H groups in total. The van der Waals surface area contributed by atoms with E-state index >= 15 is 0 Å².